The van der Waals surface area contributed by atoms with E-state index in [2.05, 4.69) is 11.4 Å². The van der Waals surface area contributed by atoms with Gasteiger partial charge in [-0.05, 0) is 35.9 Å². The number of allylic oxidation sites excluding steroid dienone is 1. The zero-order valence-electron chi connectivity index (χ0n) is 15.5. The van der Waals surface area contributed by atoms with Gasteiger partial charge >= 0.3 is 0 Å². The van der Waals surface area contributed by atoms with Gasteiger partial charge in [-0.3, -0.25) is 14.5 Å². The topological polar surface area (TPSA) is 62.6 Å². The molecule has 2 aliphatic heterocycles. The van der Waals surface area contributed by atoms with Crippen molar-refractivity contribution in [2.45, 2.75) is 18.4 Å². The standard InChI is InChI=1S/C24H18N2O3/c27-20-13-14(21-10-5-11-29-21)12-18-22(20)23-15-6-1-2-7-16(15)24(28)26(23)19-9-4-3-8-17(19)25-18/h1-12,14,22-23,25H,13H2/t14-,22+,23-/m1/s1. The third kappa shape index (κ3) is 2.27. The number of rotatable bonds is 1. The Labute approximate surface area is 167 Å². The molecule has 0 fully saturated rings. The lowest BCUT2D eigenvalue weighted by atomic mass is 9.78. The van der Waals surface area contributed by atoms with E-state index in [0.29, 0.717) is 12.0 Å². The third-order valence-corrected chi connectivity index (χ3v) is 6.16. The lowest BCUT2D eigenvalue weighted by Gasteiger charge is -2.33. The monoisotopic (exact) mass is 382 g/mol. The molecule has 1 amide bonds. The minimum atomic E-state index is -0.429. The molecule has 5 nitrogen and oxygen atoms in total. The summed E-state index contributed by atoms with van der Waals surface area (Å²) in [6.45, 7) is 0. The van der Waals surface area contributed by atoms with Gasteiger partial charge in [0, 0.05) is 23.6 Å². The van der Waals surface area contributed by atoms with Crippen molar-refractivity contribution in [3.63, 3.8) is 0 Å². The number of para-hydroxylation sites is 2. The van der Waals surface area contributed by atoms with E-state index in [1.807, 2.05) is 60.7 Å². The fourth-order valence-electron chi connectivity index (χ4n) is 4.92. The van der Waals surface area contributed by atoms with Crippen molar-refractivity contribution in [1.29, 1.82) is 0 Å². The first-order valence-electron chi connectivity index (χ1n) is 9.79. The van der Waals surface area contributed by atoms with Crippen LogP contribution < -0.4 is 10.2 Å². The normalized spacial score (nSPS) is 24.6. The molecule has 3 heterocycles. The molecule has 2 aromatic carbocycles. The maximum atomic E-state index is 13.4. The first-order valence-corrected chi connectivity index (χ1v) is 9.79. The van der Waals surface area contributed by atoms with Gasteiger partial charge in [0.15, 0.2) is 0 Å². The number of carbonyl (C=O) groups excluding carboxylic acids is 2. The number of amides is 1. The van der Waals surface area contributed by atoms with Crippen molar-refractivity contribution in [1.82, 2.24) is 0 Å². The summed E-state index contributed by atoms with van der Waals surface area (Å²) in [5.41, 5.74) is 4.06. The van der Waals surface area contributed by atoms with Gasteiger partial charge < -0.3 is 9.73 Å². The van der Waals surface area contributed by atoms with Crippen molar-refractivity contribution in [2.75, 3.05) is 10.2 Å². The molecule has 0 bridgehead atoms. The van der Waals surface area contributed by atoms with E-state index in [1.54, 1.807) is 11.2 Å². The van der Waals surface area contributed by atoms with Gasteiger partial charge in [0.25, 0.3) is 5.91 Å². The minimum Gasteiger partial charge on any atom is -0.469 e. The lowest BCUT2D eigenvalue weighted by Crippen LogP contribution is -2.37. The fourth-order valence-corrected chi connectivity index (χ4v) is 4.92. The number of fused-ring (bicyclic) bond motifs is 7. The Morgan fingerprint density at radius 1 is 0.966 bits per heavy atom. The van der Waals surface area contributed by atoms with Gasteiger partial charge in [0.2, 0.25) is 0 Å². The molecule has 1 N–H and O–H groups in total. The van der Waals surface area contributed by atoms with E-state index in [1.165, 1.54) is 0 Å². The Hall–Kier alpha value is -3.60. The SMILES string of the molecule is O=C1C[C@H](c2ccco2)C=C2Nc3ccccc3N3C(=O)c4ccccc4[C@@H]3[C@H]12. The maximum absolute atomic E-state index is 13.4. The summed E-state index contributed by atoms with van der Waals surface area (Å²) in [5, 5.41) is 3.47. The summed E-state index contributed by atoms with van der Waals surface area (Å²) < 4.78 is 5.57. The average Bonchev–Trinajstić information content (AvgIpc) is 3.33. The molecular weight excluding hydrogens is 364 g/mol. The Balaban J connectivity index is 1.58. The quantitative estimate of drug-likeness (QED) is 0.665. The van der Waals surface area contributed by atoms with Crippen LogP contribution in [0.2, 0.25) is 0 Å². The largest absolute Gasteiger partial charge is 0.469 e. The number of anilines is 2. The van der Waals surface area contributed by atoms with E-state index >= 15 is 0 Å². The van der Waals surface area contributed by atoms with Crippen LogP contribution in [0, 0.1) is 5.92 Å². The number of furan rings is 1. The zero-order valence-corrected chi connectivity index (χ0v) is 15.5. The molecule has 0 saturated carbocycles. The summed E-state index contributed by atoms with van der Waals surface area (Å²) in [4.78, 5) is 28.6. The molecular formula is C24H18N2O3. The number of benzene rings is 2. The minimum absolute atomic E-state index is 0.0536. The van der Waals surface area contributed by atoms with Crippen LogP contribution in [0.15, 0.2) is 83.1 Å². The summed E-state index contributed by atoms with van der Waals surface area (Å²) in [6, 6.07) is 18.8. The van der Waals surface area contributed by atoms with Crippen molar-refractivity contribution in [3.05, 3.63) is 95.6 Å². The van der Waals surface area contributed by atoms with Crippen LogP contribution in [-0.4, -0.2) is 11.7 Å². The van der Waals surface area contributed by atoms with Gasteiger partial charge in [-0.1, -0.05) is 36.4 Å². The molecule has 1 aliphatic carbocycles. The highest BCUT2D eigenvalue weighted by molar-refractivity contribution is 6.14. The summed E-state index contributed by atoms with van der Waals surface area (Å²) in [5.74, 6) is 0.303. The molecule has 3 atom stereocenters. The van der Waals surface area contributed by atoms with Crippen molar-refractivity contribution in [3.8, 4) is 0 Å². The van der Waals surface area contributed by atoms with Crippen LogP contribution in [0.25, 0.3) is 0 Å². The van der Waals surface area contributed by atoms with Gasteiger partial charge in [-0.25, -0.2) is 0 Å². The van der Waals surface area contributed by atoms with Crippen molar-refractivity contribution >= 4 is 23.1 Å². The van der Waals surface area contributed by atoms with Gasteiger partial charge in [0.1, 0.15) is 11.5 Å². The second-order valence-electron chi connectivity index (χ2n) is 7.74. The highest BCUT2D eigenvalue weighted by Gasteiger charge is 2.49. The second kappa shape index (κ2) is 5.95. The highest BCUT2D eigenvalue weighted by atomic mass is 16.3. The third-order valence-electron chi connectivity index (χ3n) is 6.16. The summed E-state index contributed by atoms with van der Waals surface area (Å²) in [6.07, 6.45) is 4.09. The molecule has 0 radical (unpaired) electrons. The smallest absolute Gasteiger partial charge is 0.259 e. The number of nitrogens with zero attached hydrogens (tertiary/aromatic N) is 1. The lowest BCUT2D eigenvalue weighted by molar-refractivity contribution is -0.123. The van der Waals surface area contributed by atoms with E-state index < -0.39 is 5.92 Å². The number of hydrogen-bond donors (Lipinski definition) is 1. The maximum Gasteiger partial charge on any atom is 0.259 e. The number of ketones is 1. The first kappa shape index (κ1) is 16.4. The molecule has 3 aromatic rings. The predicted octanol–water partition coefficient (Wildman–Crippen LogP) is 4.66. The summed E-state index contributed by atoms with van der Waals surface area (Å²) in [7, 11) is 0. The second-order valence-corrected chi connectivity index (χ2v) is 7.74. The molecule has 0 spiro atoms. The first-order chi connectivity index (χ1) is 14.2. The van der Waals surface area contributed by atoms with Crippen molar-refractivity contribution < 1.29 is 14.0 Å². The highest BCUT2D eigenvalue weighted by Crippen LogP contribution is 2.51. The van der Waals surface area contributed by atoms with Gasteiger partial charge in [-0.15, -0.1) is 0 Å². The van der Waals surface area contributed by atoms with Crippen LogP contribution >= 0.6 is 0 Å². The van der Waals surface area contributed by atoms with Gasteiger partial charge in [0.05, 0.1) is 29.6 Å². The van der Waals surface area contributed by atoms with E-state index in [-0.39, 0.29) is 23.7 Å². The number of nitrogens with one attached hydrogen (secondary N) is 1. The van der Waals surface area contributed by atoms with Crippen LogP contribution in [0.5, 0.6) is 0 Å². The molecule has 0 saturated heterocycles. The summed E-state index contributed by atoms with van der Waals surface area (Å²) >= 11 is 0. The van der Waals surface area contributed by atoms with Gasteiger partial charge in [-0.2, -0.15) is 0 Å². The van der Waals surface area contributed by atoms with Crippen molar-refractivity contribution in [2.24, 2.45) is 5.92 Å². The van der Waals surface area contributed by atoms with Crippen LogP contribution in [0.3, 0.4) is 0 Å². The molecule has 6 rings (SSSR count). The molecule has 29 heavy (non-hydrogen) atoms. The molecule has 3 aliphatic rings. The Kier molecular flexibility index (Phi) is 3.36. The van der Waals surface area contributed by atoms with E-state index in [4.69, 9.17) is 4.42 Å². The fraction of sp³-hybridized carbons (Fsp3) is 0.167. The van der Waals surface area contributed by atoms with E-state index in [0.717, 1.165) is 28.4 Å². The Bertz CT molecular complexity index is 1180. The molecule has 142 valence electrons. The Morgan fingerprint density at radius 3 is 2.66 bits per heavy atom. The molecule has 5 heteroatoms. The molecule has 1 aromatic heterocycles. The van der Waals surface area contributed by atoms with Crippen LogP contribution in [-0.2, 0) is 4.79 Å². The van der Waals surface area contributed by atoms with Crippen LogP contribution in [0.1, 0.15) is 40.1 Å². The van der Waals surface area contributed by atoms with E-state index in [9.17, 15) is 9.59 Å². The Morgan fingerprint density at radius 2 is 1.79 bits per heavy atom. The number of carbonyl (C=O) groups is 2. The average molecular weight is 382 g/mol. The predicted molar refractivity (Wildman–Crippen MR) is 109 cm³/mol. The number of hydrogen-bond acceptors (Lipinski definition) is 4. The zero-order chi connectivity index (χ0) is 19.5. The molecule has 0 unspecified atom stereocenters. The number of Topliss-reactive ketones (excluding diaryl/α,β-unsaturated/α-hetero) is 1. The van der Waals surface area contributed by atoms with Crippen LogP contribution in [0.4, 0.5) is 11.4 Å².